The molecular formula is C16H24N2O. The summed E-state index contributed by atoms with van der Waals surface area (Å²) in [5.74, 6) is 0.914. The minimum Gasteiger partial charge on any atom is -0.494 e. The Kier molecular flexibility index (Phi) is 7.69. The fourth-order valence-electron chi connectivity index (χ4n) is 1.99. The maximum Gasteiger partial charge on any atom is 0.119 e. The number of hydrogen-bond acceptors (Lipinski definition) is 3. The molecule has 1 N–H and O–H groups in total. The van der Waals surface area contributed by atoms with Crippen LogP contribution in [0.3, 0.4) is 0 Å². The van der Waals surface area contributed by atoms with E-state index in [-0.39, 0.29) is 0 Å². The predicted molar refractivity (Wildman–Crippen MR) is 78.2 cm³/mol. The number of benzene rings is 1. The smallest absolute Gasteiger partial charge is 0.119 e. The number of nitrogens with one attached hydrogen (secondary N) is 1. The van der Waals surface area contributed by atoms with E-state index >= 15 is 0 Å². The van der Waals surface area contributed by atoms with Gasteiger partial charge in [0.05, 0.1) is 12.7 Å². The molecule has 104 valence electrons. The Morgan fingerprint density at radius 2 is 2.00 bits per heavy atom. The molecule has 1 aromatic rings. The number of hydrogen-bond donors (Lipinski definition) is 1. The number of nitriles is 1. The molecule has 3 heteroatoms. The second-order valence-corrected chi connectivity index (χ2v) is 4.77. The van der Waals surface area contributed by atoms with Gasteiger partial charge in [0.15, 0.2) is 0 Å². The zero-order valence-electron chi connectivity index (χ0n) is 12.0. The number of nitrogens with zero attached hydrogens (tertiary/aromatic N) is 1. The molecular weight excluding hydrogens is 236 g/mol. The summed E-state index contributed by atoms with van der Waals surface area (Å²) in [5.41, 5.74) is 1.32. The summed E-state index contributed by atoms with van der Waals surface area (Å²) in [6, 6.07) is 10.9. The second kappa shape index (κ2) is 9.41. The first-order chi connectivity index (χ1) is 9.26. The van der Waals surface area contributed by atoms with E-state index in [2.05, 4.69) is 37.4 Å². The van der Waals surface area contributed by atoms with Crippen LogP contribution in [0.4, 0.5) is 0 Å². The van der Waals surface area contributed by atoms with Crippen LogP contribution in [0, 0.1) is 11.3 Å². The summed E-state index contributed by atoms with van der Waals surface area (Å²) >= 11 is 0. The maximum absolute atomic E-state index is 8.43. The van der Waals surface area contributed by atoms with Crippen LogP contribution in [0.2, 0.25) is 0 Å². The fraction of sp³-hybridized carbons (Fsp3) is 0.562. The van der Waals surface area contributed by atoms with Crippen molar-refractivity contribution < 1.29 is 4.74 Å². The normalized spacial score (nSPS) is 11.8. The number of rotatable bonds is 9. The molecule has 0 saturated heterocycles. The highest BCUT2D eigenvalue weighted by molar-refractivity contribution is 5.27. The average molecular weight is 260 g/mol. The summed E-state index contributed by atoms with van der Waals surface area (Å²) in [6.07, 6.45) is 3.50. The fourth-order valence-corrected chi connectivity index (χ4v) is 1.99. The minimum atomic E-state index is 0.503. The van der Waals surface area contributed by atoms with Crippen molar-refractivity contribution in [3.63, 3.8) is 0 Å². The van der Waals surface area contributed by atoms with Crippen molar-refractivity contribution >= 4 is 0 Å². The van der Waals surface area contributed by atoms with Crippen molar-refractivity contribution in [2.45, 2.75) is 45.6 Å². The van der Waals surface area contributed by atoms with E-state index in [0.29, 0.717) is 19.1 Å². The highest BCUT2D eigenvalue weighted by Crippen LogP contribution is 2.14. The quantitative estimate of drug-likeness (QED) is 0.693. The summed E-state index contributed by atoms with van der Waals surface area (Å²) in [4.78, 5) is 0. The highest BCUT2D eigenvalue weighted by atomic mass is 16.5. The predicted octanol–water partition coefficient (Wildman–Crippen LogP) is 3.30. The lowest BCUT2D eigenvalue weighted by atomic mass is 10.1. The van der Waals surface area contributed by atoms with Crippen LogP contribution in [0.25, 0.3) is 0 Å². The second-order valence-electron chi connectivity index (χ2n) is 4.77. The molecule has 0 aliphatic carbocycles. The van der Waals surface area contributed by atoms with Gasteiger partial charge in [0, 0.05) is 12.5 Å². The Labute approximate surface area is 116 Å². The molecule has 0 radical (unpaired) electrons. The van der Waals surface area contributed by atoms with Crippen LogP contribution in [0.5, 0.6) is 5.75 Å². The van der Waals surface area contributed by atoms with Gasteiger partial charge in [0.2, 0.25) is 0 Å². The zero-order valence-corrected chi connectivity index (χ0v) is 12.0. The number of ether oxygens (including phenoxy) is 1. The first-order valence-corrected chi connectivity index (χ1v) is 7.08. The van der Waals surface area contributed by atoms with Crippen molar-refractivity contribution in [3.05, 3.63) is 29.8 Å². The van der Waals surface area contributed by atoms with E-state index in [1.54, 1.807) is 0 Å². The van der Waals surface area contributed by atoms with Gasteiger partial charge in [-0.15, -0.1) is 0 Å². The molecule has 0 spiro atoms. The van der Waals surface area contributed by atoms with Crippen molar-refractivity contribution in [1.29, 1.82) is 5.26 Å². The third-order valence-corrected chi connectivity index (χ3v) is 2.97. The lowest BCUT2D eigenvalue weighted by Crippen LogP contribution is -2.27. The van der Waals surface area contributed by atoms with Gasteiger partial charge in [-0.25, -0.2) is 0 Å². The van der Waals surface area contributed by atoms with E-state index in [1.807, 2.05) is 12.1 Å². The Bertz CT molecular complexity index is 381. The molecule has 0 aliphatic heterocycles. The first kappa shape index (κ1) is 15.5. The van der Waals surface area contributed by atoms with Gasteiger partial charge in [0.25, 0.3) is 0 Å². The van der Waals surface area contributed by atoms with Crippen LogP contribution in [0.1, 0.15) is 38.7 Å². The molecule has 3 nitrogen and oxygen atoms in total. The van der Waals surface area contributed by atoms with Gasteiger partial charge in [0.1, 0.15) is 5.75 Å². The van der Waals surface area contributed by atoms with Crippen molar-refractivity contribution in [2.24, 2.45) is 0 Å². The summed E-state index contributed by atoms with van der Waals surface area (Å²) in [5, 5.41) is 11.8. The van der Waals surface area contributed by atoms with Crippen LogP contribution in [0.15, 0.2) is 24.3 Å². The number of unbranched alkanes of at least 4 members (excludes halogenated alkanes) is 2. The van der Waals surface area contributed by atoms with Crippen molar-refractivity contribution in [3.8, 4) is 11.8 Å². The third-order valence-electron chi connectivity index (χ3n) is 2.97. The molecule has 0 bridgehead atoms. The molecule has 0 aliphatic rings. The van der Waals surface area contributed by atoms with E-state index in [0.717, 1.165) is 31.6 Å². The van der Waals surface area contributed by atoms with Crippen molar-refractivity contribution in [1.82, 2.24) is 5.32 Å². The molecule has 1 rings (SSSR count). The monoisotopic (exact) mass is 260 g/mol. The van der Waals surface area contributed by atoms with Gasteiger partial charge in [-0.05, 0) is 50.4 Å². The number of likely N-dealkylation sites (N-methyl/N-ethyl adjacent to an activating group) is 1. The third kappa shape index (κ3) is 6.83. The largest absolute Gasteiger partial charge is 0.494 e. The van der Waals surface area contributed by atoms with Gasteiger partial charge >= 0.3 is 0 Å². The Morgan fingerprint density at radius 1 is 1.26 bits per heavy atom. The summed E-state index contributed by atoms with van der Waals surface area (Å²) < 4.78 is 5.64. The molecule has 0 aromatic heterocycles. The lowest BCUT2D eigenvalue weighted by Gasteiger charge is -2.12. The molecule has 0 amide bonds. The van der Waals surface area contributed by atoms with E-state index < -0.39 is 0 Å². The SMILES string of the molecule is CCNC(C)Cc1ccc(OCCCCC#N)cc1. The van der Waals surface area contributed by atoms with Gasteiger partial charge in [-0.2, -0.15) is 5.26 Å². The van der Waals surface area contributed by atoms with Crippen LogP contribution >= 0.6 is 0 Å². The van der Waals surface area contributed by atoms with Gasteiger partial charge in [-0.3, -0.25) is 0 Å². The van der Waals surface area contributed by atoms with E-state index in [9.17, 15) is 0 Å². The van der Waals surface area contributed by atoms with E-state index in [4.69, 9.17) is 10.00 Å². The molecule has 0 heterocycles. The average Bonchev–Trinajstić information content (AvgIpc) is 2.41. The lowest BCUT2D eigenvalue weighted by molar-refractivity contribution is 0.307. The Hall–Kier alpha value is -1.53. The minimum absolute atomic E-state index is 0.503. The molecule has 1 aromatic carbocycles. The van der Waals surface area contributed by atoms with Crippen LogP contribution in [-0.2, 0) is 6.42 Å². The molecule has 0 saturated carbocycles. The summed E-state index contributed by atoms with van der Waals surface area (Å²) in [6.45, 7) is 6.02. The van der Waals surface area contributed by atoms with Crippen LogP contribution < -0.4 is 10.1 Å². The molecule has 0 fully saturated rings. The van der Waals surface area contributed by atoms with Gasteiger partial charge < -0.3 is 10.1 Å². The van der Waals surface area contributed by atoms with E-state index in [1.165, 1.54) is 5.56 Å². The standard InChI is InChI=1S/C16H24N2O/c1-3-18-14(2)13-15-7-9-16(10-8-15)19-12-6-4-5-11-17/h7-10,14,18H,3-6,12-13H2,1-2H3. The topological polar surface area (TPSA) is 45.0 Å². The highest BCUT2D eigenvalue weighted by Gasteiger charge is 2.02. The molecule has 19 heavy (non-hydrogen) atoms. The van der Waals surface area contributed by atoms with Crippen LogP contribution in [-0.4, -0.2) is 19.2 Å². The molecule has 1 atom stereocenters. The maximum atomic E-state index is 8.43. The van der Waals surface area contributed by atoms with Crippen molar-refractivity contribution in [2.75, 3.05) is 13.2 Å². The molecule has 1 unspecified atom stereocenters. The zero-order chi connectivity index (χ0) is 13.9. The van der Waals surface area contributed by atoms with Gasteiger partial charge in [-0.1, -0.05) is 19.1 Å². The Morgan fingerprint density at radius 3 is 2.63 bits per heavy atom. The first-order valence-electron chi connectivity index (χ1n) is 7.08. The summed E-state index contributed by atoms with van der Waals surface area (Å²) in [7, 11) is 0. The Balaban J connectivity index is 2.29.